The predicted molar refractivity (Wildman–Crippen MR) is 89.0 cm³/mol. The van der Waals surface area contributed by atoms with Crippen molar-refractivity contribution in [1.29, 1.82) is 0 Å². The lowest BCUT2D eigenvalue weighted by Gasteiger charge is -2.38. The molecular formula is C19H18ClN. The molecule has 0 amide bonds. The van der Waals surface area contributed by atoms with Gasteiger partial charge in [-0.1, -0.05) is 60.2 Å². The zero-order valence-electron chi connectivity index (χ0n) is 12.0. The molecular weight excluding hydrogens is 278 g/mol. The van der Waals surface area contributed by atoms with Gasteiger partial charge in [0.2, 0.25) is 0 Å². The molecule has 0 unspecified atom stereocenters. The fourth-order valence-corrected chi connectivity index (χ4v) is 3.94. The smallest absolute Gasteiger partial charge is 0.0554 e. The maximum atomic E-state index is 6.32. The van der Waals surface area contributed by atoms with E-state index >= 15 is 0 Å². The lowest BCUT2D eigenvalue weighted by atomic mass is 9.76. The van der Waals surface area contributed by atoms with Crippen molar-refractivity contribution in [2.45, 2.75) is 25.3 Å². The molecule has 21 heavy (non-hydrogen) atoms. The molecule has 0 spiro atoms. The van der Waals surface area contributed by atoms with Crippen LogP contribution >= 0.6 is 11.6 Å². The van der Waals surface area contributed by atoms with Crippen LogP contribution in [0.5, 0.6) is 0 Å². The third-order valence-electron chi connectivity index (χ3n) is 4.89. The first-order chi connectivity index (χ1) is 10.3. The summed E-state index contributed by atoms with van der Waals surface area (Å²) < 4.78 is 0. The summed E-state index contributed by atoms with van der Waals surface area (Å²) in [5.74, 6) is 1.10. The van der Waals surface area contributed by atoms with Crippen molar-refractivity contribution in [3.63, 3.8) is 0 Å². The molecule has 106 valence electrons. The average Bonchev–Trinajstić information content (AvgIpc) is 3.00. The maximum absolute atomic E-state index is 6.32. The SMILES string of the molecule is Cc1c(Cl)ccc2c1N[C@H](c1ccccc1)[C@@H]1CC=C[C@@H]21. The zero-order valence-corrected chi connectivity index (χ0v) is 12.8. The summed E-state index contributed by atoms with van der Waals surface area (Å²) in [6, 6.07) is 15.3. The van der Waals surface area contributed by atoms with Crippen LogP contribution in [0.1, 0.15) is 35.1 Å². The van der Waals surface area contributed by atoms with E-state index in [1.807, 2.05) is 6.07 Å². The van der Waals surface area contributed by atoms with Crippen molar-refractivity contribution in [2.24, 2.45) is 5.92 Å². The minimum Gasteiger partial charge on any atom is -0.377 e. The number of benzene rings is 2. The largest absolute Gasteiger partial charge is 0.377 e. The minimum absolute atomic E-state index is 0.357. The molecule has 2 aromatic rings. The Morgan fingerprint density at radius 3 is 2.71 bits per heavy atom. The van der Waals surface area contributed by atoms with E-state index in [4.69, 9.17) is 11.6 Å². The van der Waals surface area contributed by atoms with Crippen molar-refractivity contribution >= 4 is 17.3 Å². The van der Waals surface area contributed by atoms with Crippen LogP contribution in [-0.2, 0) is 0 Å². The number of allylic oxidation sites excluding steroid dienone is 2. The second-order valence-corrected chi connectivity index (χ2v) is 6.43. The number of rotatable bonds is 1. The first-order valence-corrected chi connectivity index (χ1v) is 7.90. The van der Waals surface area contributed by atoms with E-state index in [0.29, 0.717) is 17.9 Å². The molecule has 2 heteroatoms. The van der Waals surface area contributed by atoms with E-state index < -0.39 is 0 Å². The number of fused-ring (bicyclic) bond motifs is 3. The fraction of sp³-hybridized carbons (Fsp3) is 0.263. The summed E-state index contributed by atoms with van der Waals surface area (Å²) >= 11 is 6.32. The Morgan fingerprint density at radius 2 is 1.90 bits per heavy atom. The molecule has 1 aliphatic carbocycles. The minimum atomic E-state index is 0.357. The molecule has 2 aliphatic rings. The Bertz CT molecular complexity index is 705. The Kier molecular flexibility index (Phi) is 3.04. The Balaban J connectivity index is 1.85. The van der Waals surface area contributed by atoms with Crippen LogP contribution in [0.15, 0.2) is 54.6 Å². The highest BCUT2D eigenvalue weighted by molar-refractivity contribution is 6.31. The Morgan fingerprint density at radius 1 is 1.10 bits per heavy atom. The van der Waals surface area contributed by atoms with Gasteiger partial charge in [0, 0.05) is 16.6 Å². The van der Waals surface area contributed by atoms with Crippen LogP contribution in [0.25, 0.3) is 0 Å². The summed E-state index contributed by atoms with van der Waals surface area (Å²) in [7, 11) is 0. The normalized spacial score (nSPS) is 26.1. The van der Waals surface area contributed by atoms with Gasteiger partial charge in [-0.3, -0.25) is 0 Å². The van der Waals surface area contributed by atoms with Gasteiger partial charge >= 0.3 is 0 Å². The highest BCUT2D eigenvalue weighted by Crippen LogP contribution is 2.51. The van der Waals surface area contributed by atoms with E-state index in [9.17, 15) is 0 Å². The van der Waals surface area contributed by atoms with Crippen molar-refractivity contribution in [3.05, 3.63) is 76.3 Å². The van der Waals surface area contributed by atoms with Crippen LogP contribution in [0.2, 0.25) is 5.02 Å². The van der Waals surface area contributed by atoms with Crippen molar-refractivity contribution < 1.29 is 0 Å². The summed E-state index contributed by atoms with van der Waals surface area (Å²) in [6.45, 7) is 2.11. The zero-order chi connectivity index (χ0) is 14.4. The van der Waals surface area contributed by atoms with Gasteiger partial charge in [-0.05, 0) is 42.0 Å². The quantitative estimate of drug-likeness (QED) is 0.687. The second kappa shape index (κ2) is 4.92. The highest BCUT2D eigenvalue weighted by Gasteiger charge is 2.38. The van der Waals surface area contributed by atoms with Gasteiger partial charge in [0.25, 0.3) is 0 Å². The monoisotopic (exact) mass is 295 g/mol. The maximum Gasteiger partial charge on any atom is 0.0554 e. The summed E-state index contributed by atoms with van der Waals surface area (Å²) in [6.07, 6.45) is 5.83. The van der Waals surface area contributed by atoms with Crippen molar-refractivity contribution in [1.82, 2.24) is 0 Å². The van der Waals surface area contributed by atoms with Crippen LogP contribution in [0.4, 0.5) is 5.69 Å². The van der Waals surface area contributed by atoms with Gasteiger partial charge in [-0.2, -0.15) is 0 Å². The summed E-state index contributed by atoms with van der Waals surface area (Å²) in [4.78, 5) is 0. The third-order valence-corrected chi connectivity index (χ3v) is 5.30. The Hall–Kier alpha value is -1.73. The first kappa shape index (κ1) is 13.0. The molecule has 4 rings (SSSR count). The topological polar surface area (TPSA) is 12.0 Å². The van der Waals surface area contributed by atoms with Crippen molar-refractivity contribution in [2.75, 3.05) is 5.32 Å². The average molecular weight is 296 g/mol. The molecule has 1 N–H and O–H groups in total. The molecule has 1 heterocycles. The van der Waals surface area contributed by atoms with Gasteiger partial charge in [-0.25, -0.2) is 0 Å². The number of nitrogens with one attached hydrogen (secondary N) is 1. The molecule has 0 saturated carbocycles. The molecule has 1 nitrogen and oxygen atoms in total. The number of hydrogen-bond donors (Lipinski definition) is 1. The fourth-order valence-electron chi connectivity index (χ4n) is 3.78. The van der Waals surface area contributed by atoms with Gasteiger partial charge in [0.05, 0.1) is 6.04 Å². The van der Waals surface area contributed by atoms with Crippen molar-refractivity contribution in [3.8, 4) is 0 Å². The van der Waals surface area contributed by atoms with Gasteiger partial charge < -0.3 is 5.32 Å². The van der Waals surface area contributed by atoms with Crippen LogP contribution < -0.4 is 5.32 Å². The van der Waals surface area contributed by atoms with E-state index in [1.54, 1.807) is 0 Å². The Labute approximate surface area is 130 Å². The molecule has 0 bridgehead atoms. The summed E-state index contributed by atoms with van der Waals surface area (Å²) in [5.41, 5.74) is 5.14. The lowest BCUT2D eigenvalue weighted by molar-refractivity contribution is 0.425. The lowest BCUT2D eigenvalue weighted by Crippen LogP contribution is -2.29. The predicted octanol–water partition coefficient (Wildman–Crippen LogP) is 5.47. The molecule has 2 aromatic carbocycles. The van der Waals surface area contributed by atoms with E-state index in [1.165, 1.54) is 16.8 Å². The number of anilines is 1. The molecule has 3 atom stereocenters. The standard InChI is InChI=1S/C19H18ClN/c1-12-17(20)11-10-16-14-8-5-9-15(14)19(21-18(12)16)13-6-3-2-4-7-13/h2-8,10-11,14-15,19,21H,9H2,1H3/t14-,15-,19-/m1/s1. The van der Waals surface area contributed by atoms with Crippen LogP contribution in [-0.4, -0.2) is 0 Å². The summed E-state index contributed by atoms with van der Waals surface area (Å²) in [5, 5.41) is 4.61. The molecule has 1 aliphatic heterocycles. The van der Waals surface area contributed by atoms with Crippen LogP contribution in [0, 0.1) is 12.8 Å². The van der Waals surface area contributed by atoms with Crippen LogP contribution in [0.3, 0.4) is 0 Å². The highest BCUT2D eigenvalue weighted by atomic mass is 35.5. The molecule has 0 radical (unpaired) electrons. The number of halogens is 1. The van der Waals surface area contributed by atoms with E-state index in [-0.39, 0.29) is 0 Å². The molecule has 0 fully saturated rings. The molecule has 0 saturated heterocycles. The van der Waals surface area contributed by atoms with E-state index in [2.05, 4.69) is 60.8 Å². The molecule has 0 aromatic heterocycles. The van der Waals surface area contributed by atoms with E-state index in [0.717, 1.165) is 17.0 Å². The number of hydrogen-bond acceptors (Lipinski definition) is 1. The van der Waals surface area contributed by atoms with Gasteiger partial charge in [0.15, 0.2) is 0 Å². The second-order valence-electron chi connectivity index (χ2n) is 6.02. The first-order valence-electron chi connectivity index (χ1n) is 7.53. The third kappa shape index (κ3) is 1.99. The van der Waals surface area contributed by atoms with Gasteiger partial charge in [0.1, 0.15) is 0 Å². The van der Waals surface area contributed by atoms with Gasteiger partial charge in [-0.15, -0.1) is 0 Å².